The molecular formula is C20H17N. The number of aromatic nitrogens is 1. The Hall–Kier alpha value is -2.67. The Morgan fingerprint density at radius 3 is 2.24 bits per heavy atom. The first-order valence-electron chi connectivity index (χ1n) is 7.09. The van der Waals surface area contributed by atoms with Gasteiger partial charge in [0.2, 0.25) is 0 Å². The average Bonchev–Trinajstić information content (AvgIpc) is 2.55. The number of rotatable bonds is 3. The zero-order valence-corrected chi connectivity index (χ0v) is 12.0. The van der Waals surface area contributed by atoms with Crippen molar-refractivity contribution in [2.45, 2.75) is 6.92 Å². The lowest BCUT2D eigenvalue weighted by atomic mass is 9.93. The molecule has 0 bridgehead atoms. The second kappa shape index (κ2) is 6.19. The summed E-state index contributed by atoms with van der Waals surface area (Å²) in [5, 5.41) is 0. The van der Waals surface area contributed by atoms with Crippen molar-refractivity contribution in [3.63, 3.8) is 0 Å². The van der Waals surface area contributed by atoms with E-state index in [2.05, 4.69) is 66.5 Å². The van der Waals surface area contributed by atoms with Crippen LogP contribution >= 0.6 is 0 Å². The van der Waals surface area contributed by atoms with Crippen LogP contribution in [-0.2, 0) is 0 Å². The van der Waals surface area contributed by atoms with Crippen molar-refractivity contribution in [2.75, 3.05) is 0 Å². The predicted molar refractivity (Wildman–Crippen MR) is 88.8 cm³/mol. The van der Waals surface area contributed by atoms with Gasteiger partial charge in [0.05, 0.1) is 5.69 Å². The molecule has 1 nitrogen and oxygen atoms in total. The quantitative estimate of drug-likeness (QED) is 0.654. The highest BCUT2D eigenvalue weighted by Crippen LogP contribution is 2.27. The Balaban J connectivity index is 2.17. The number of hydrogen-bond acceptors (Lipinski definition) is 1. The first kappa shape index (κ1) is 13.3. The Bertz CT molecular complexity index is 743. The maximum absolute atomic E-state index is 4.42. The Morgan fingerprint density at radius 2 is 1.52 bits per heavy atom. The lowest BCUT2D eigenvalue weighted by molar-refractivity contribution is 1.29. The summed E-state index contributed by atoms with van der Waals surface area (Å²) in [5.41, 5.74) is 5.89. The molecule has 0 atom stereocenters. The van der Waals surface area contributed by atoms with Crippen LogP contribution in [0.2, 0.25) is 0 Å². The topological polar surface area (TPSA) is 12.9 Å². The lowest BCUT2D eigenvalue weighted by Crippen LogP contribution is -1.92. The maximum atomic E-state index is 4.42. The number of hydrogen-bond donors (Lipinski definition) is 0. The number of aryl methyl sites for hydroxylation is 1. The molecule has 0 aliphatic carbocycles. The van der Waals surface area contributed by atoms with E-state index >= 15 is 0 Å². The highest BCUT2D eigenvalue weighted by molar-refractivity contribution is 5.91. The summed E-state index contributed by atoms with van der Waals surface area (Å²) in [4.78, 5) is 4.42. The zero-order valence-electron chi connectivity index (χ0n) is 12.0. The van der Waals surface area contributed by atoms with E-state index in [1.807, 2.05) is 30.5 Å². The van der Waals surface area contributed by atoms with E-state index in [4.69, 9.17) is 0 Å². The highest BCUT2D eigenvalue weighted by atomic mass is 14.6. The van der Waals surface area contributed by atoms with Gasteiger partial charge in [-0.05, 0) is 47.4 Å². The normalized spacial score (nSPS) is 11.4. The van der Waals surface area contributed by atoms with Crippen LogP contribution < -0.4 is 0 Å². The summed E-state index contributed by atoms with van der Waals surface area (Å²) in [6.07, 6.45) is 3.98. The van der Waals surface area contributed by atoms with Gasteiger partial charge in [-0.1, -0.05) is 60.7 Å². The fourth-order valence-electron chi connectivity index (χ4n) is 2.42. The van der Waals surface area contributed by atoms with Crippen LogP contribution in [0.3, 0.4) is 0 Å². The van der Waals surface area contributed by atoms with E-state index in [0.29, 0.717) is 0 Å². The summed E-state index contributed by atoms with van der Waals surface area (Å²) < 4.78 is 0. The second-order valence-corrected chi connectivity index (χ2v) is 4.99. The van der Waals surface area contributed by atoms with E-state index in [0.717, 1.165) is 5.69 Å². The van der Waals surface area contributed by atoms with Crippen LogP contribution in [0.4, 0.5) is 0 Å². The minimum atomic E-state index is 0.972. The monoisotopic (exact) mass is 271 g/mol. The van der Waals surface area contributed by atoms with Gasteiger partial charge in [-0.15, -0.1) is 0 Å². The molecule has 0 fully saturated rings. The third kappa shape index (κ3) is 3.09. The fraction of sp³-hybridized carbons (Fsp3) is 0.0500. The highest BCUT2D eigenvalue weighted by Gasteiger charge is 2.07. The molecule has 0 radical (unpaired) electrons. The van der Waals surface area contributed by atoms with Crippen molar-refractivity contribution >= 4 is 11.6 Å². The summed E-state index contributed by atoms with van der Waals surface area (Å²) >= 11 is 0. The predicted octanol–water partition coefficient (Wildman–Crippen LogP) is 4.98. The molecule has 0 spiro atoms. The van der Waals surface area contributed by atoms with Crippen LogP contribution in [0.15, 0.2) is 79.0 Å². The van der Waals surface area contributed by atoms with E-state index < -0.39 is 0 Å². The van der Waals surface area contributed by atoms with Gasteiger partial charge in [-0.2, -0.15) is 0 Å². The summed E-state index contributed by atoms with van der Waals surface area (Å²) in [6.45, 7) is 2.14. The van der Waals surface area contributed by atoms with Gasteiger partial charge in [0, 0.05) is 6.20 Å². The van der Waals surface area contributed by atoms with Crippen molar-refractivity contribution in [1.82, 2.24) is 4.98 Å². The van der Waals surface area contributed by atoms with Crippen molar-refractivity contribution in [3.05, 3.63) is 101 Å². The van der Waals surface area contributed by atoms with E-state index in [9.17, 15) is 0 Å². The van der Waals surface area contributed by atoms with Crippen LogP contribution in [0.1, 0.15) is 22.4 Å². The largest absolute Gasteiger partial charge is 0.257 e. The molecule has 0 aliphatic heterocycles. The first-order chi connectivity index (χ1) is 10.3. The van der Waals surface area contributed by atoms with Crippen molar-refractivity contribution in [1.29, 1.82) is 0 Å². The Morgan fingerprint density at radius 1 is 0.810 bits per heavy atom. The average molecular weight is 271 g/mol. The molecule has 1 heterocycles. The summed E-state index contributed by atoms with van der Waals surface area (Å²) in [7, 11) is 0. The maximum Gasteiger partial charge on any atom is 0.0636 e. The molecule has 0 saturated carbocycles. The minimum Gasteiger partial charge on any atom is -0.257 e. The molecule has 0 unspecified atom stereocenters. The fourth-order valence-corrected chi connectivity index (χ4v) is 2.42. The SMILES string of the molecule is Cc1ccccc1/C(=C\c1ccccn1)c1ccccc1. The summed E-state index contributed by atoms with van der Waals surface area (Å²) in [6, 6.07) is 24.9. The number of nitrogens with zero attached hydrogens (tertiary/aromatic N) is 1. The summed E-state index contributed by atoms with van der Waals surface area (Å²) in [5.74, 6) is 0. The van der Waals surface area contributed by atoms with Crippen LogP contribution in [0.25, 0.3) is 11.6 Å². The van der Waals surface area contributed by atoms with Crippen molar-refractivity contribution in [3.8, 4) is 0 Å². The molecule has 0 saturated heterocycles. The minimum absolute atomic E-state index is 0.972. The Labute approximate surface area is 125 Å². The molecule has 0 aliphatic rings. The Kier molecular flexibility index (Phi) is 3.92. The molecular weight excluding hydrogens is 254 g/mol. The van der Waals surface area contributed by atoms with E-state index in [1.54, 1.807) is 0 Å². The molecule has 102 valence electrons. The number of benzene rings is 2. The van der Waals surface area contributed by atoms with Crippen LogP contribution in [0.5, 0.6) is 0 Å². The van der Waals surface area contributed by atoms with Gasteiger partial charge in [-0.3, -0.25) is 4.98 Å². The van der Waals surface area contributed by atoms with Crippen LogP contribution in [-0.4, -0.2) is 4.98 Å². The van der Waals surface area contributed by atoms with Gasteiger partial charge in [0.15, 0.2) is 0 Å². The molecule has 3 rings (SSSR count). The van der Waals surface area contributed by atoms with Gasteiger partial charge < -0.3 is 0 Å². The third-order valence-electron chi connectivity index (χ3n) is 3.50. The van der Waals surface area contributed by atoms with Gasteiger partial charge in [-0.25, -0.2) is 0 Å². The van der Waals surface area contributed by atoms with Crippen LogP contribution in [0, 0.1) is 6.92 Å². The standard InChI is InChI=1S/C20H17N/c1-16-9-5-6-13-19(16)20(17-10-3-2-4-11-17)15-18-12-7-8-14-21-18/h2-15H,1H3/b20-15-. The van der Waals surface area contributed by atoms with Crippen molar-refractivity contribution in [2.24, 2.45) is 0 Å². The zero-order chi connectivity index (χ0) is 14.5. The van der Waals surface area contributed by atoms with Crippen molar-refractivity contribution < 1.29 is 0 Å². The molecule has 21 heavy (non-hydrogen) atoms. The van der Waals surface area contributed by atoms with Gasteiger partial charge in [0.25, 0.3) is 0 Å². The second-order valence-electron chi connectivity index (χ2n) is 4.99. The molecule has 1 aromatic heterocycles. The van der Waals surface area contributed by atoms with E-state index in [-0.39, 0.29) is 0 Å². The molecule has 2 aromatic carbocycles. The van der Waals surface area contributed by atoms with E-state index in [1.165, 1.54) is 22.3 Å². The number of pyridine rings is 1. The molecule has 0 N–H and O–H groups in total. The smallest absolute Gasteiger partial charge is 0.0636 e. The molecule has 0 amide bonds. The first-order valence-corrected chi connectivity index (χ1v) is 7.09. The van der Waals surface area contributed by atoms with Gasteiger partial charge in [0.1, 0.15) is 0 Å². The van der Waals surface area contributed by atoms with Gasteiger partial charge >= 0.3 is 0 Å². The lowest BCUT2D eigenvalue weighted by Gasteiger charge is -2.11. The third-order valence-corrected chi connectivity index (χ3v) is 3.50. The molecule has 1 heteroatoms. The molecule has 3 aromatic rings.